The van der Waals surface area contributed by atoms with Gasteiger partial charge in [-0.1, -0.05) is 30.3 Å². The van der Waals surface area contributed by atoms with E-state index < -0.39 is 6.10 Å². The van der Waals surface area contributed by atoms with Crippen LogP contribution in [0.2, 0.25) is 0 Å². The third-order valence-electron chi connectivity index (χ3n) is 4.18. The number of β-amino-alcohol motifs (C(OH)–C–C–N with tert-alkyl or cyclic N) is 1. The van der Waals surface area contributed by atoms with E-state index in [1.54, 1.807) is 0 Å². The number of nitrogens with one attached hydrogen (secondary N) is 1. The van der Waals surface area contributed by atoms with Gasteiger partial charge in [-0.2, -0.15) is 0 Å². The van der Waals surface area contributed by atoms with Crippen molar-refractivity contribution in [1.29, 1.82) is 0 Å². The summed E-state index contributed by atoms with van der Waals surface area (Å²) in [5, 5.41) is 23.0. The highest BCUT2D eigenvalue weighted by Crippen LogP contribution is 2.16. The smallest absolute Gasteiger partial charge is 0.0791 e. The molecule has 4 atom stereocenters. The van der Waals surface area contributed by atoms with Crippen LogP contribution < -0.4 is 5.32 Å². The Morgan fingerprint density at radius 2 is 1.87 bits per heavy atom. The van der Waals surface area contributed by atoms with Crippen LogP contribution in [0, 0.1) is 0 Å². The number of aliphatic hydroxyl groups is 2. The van der Waals surface area contributed by atoms with Gasteiger partial charge >= 0.3 is 0 Å². The second-order valence-corrected chi connectivity index (χ2v) is 6.51. The second kappa shape index (κ2) is 9.35. The summed E-state index contributed by atoms with van der Waals surface area (Å²) < 4.78 is 5.72. The molecule has 1 aliphatic rings. The predicted octanol–water partition coefficient (Wildman–Crippen LogP) is 1.17. The quantitative estimate of drug-likeness (QED) is 0.670. The van der Waals surface area contributed by atoms with Crippen molar-refractivity contribution in [2.75, 3.05) is 32.8 Å². The summed E-state index contributed by atoms with van der Waals surface area (Å²) in [6, 6.07) is 10.1. The van der Waals surface area contributed by atoms with Crippen molar-refractivity contribution in [3.8, 4) is 0 Å². The largest absolute Gasteiger partial charge is 0.396 e. The summed E-state index contributed by atoms with van der Waals surface area (Å²) in [5.41, 5.74) is 1.14. The molecule has 1 aromatic rings. The second-order valence-electron chi connectivity index (χ2n) is 6.51. The molecule has 1 heterocycles. The summed E-state index contributed by atoms with van der Waals surface area (Å²) in [4.78, 5) is 2.26. The molecule has 0 saturated carbocycles. The van der Waals surface area contributed by atoms with Crippen molar-refractivity contribution in [3.05, 3.63) is 35.9 Å². The van der Waals surface area contributed by atoms with Gasteiger partial charge in [-0.05, 0) is 25.8 Å². The number of rotatable bonds is 8. The minimum absolute atomic E-state index is 0.0680. The number of ether oxygens (including phenoxy) is 1. The molecule has 4 unspecified atom stereocenters. The number of aliphatic hydroxyl groups excluding tert-OH is 2. The normalized spacial score (nSPS) is 25.2. The predicted molar refractivity (Wildman–Crippen MR) is 91.3 cm³/mol. The van der Waals surface area contributed by atoms with Crippen LogP contribution in [0.15, 0.2) is 30.3 Å². The molecule has 130 valence electrons. The number of hydrogen-bond donors (Lipinski definition) is 3. The van der Waals surface area contributed by atoms with Crippen LogP contribution in [-0.4, -0.2) is 66.2 Å². The van der Waals surface area contributed by atoms with Gasteiger partial charge in [0.1, 0.15) is 0 Å². The topological polar surface area (TPSA) is 65.0 Å². The first-order chi connectivity index (χ1) is 11.1. The molecule has 0 radical (unpaired) electrons. The van der Waals surface area contributed by atoms with Gasteiger partial charge in [-0.25, -0.2) is 0 Å². The Bertz CT molecular complexity index is 433. The Kier molecular flexibility index (Phi) is 7.46. The molecular weight excluding hydrogens is 292 g/mol. The monoisotopic (exact) mass is 322 g/mol. The van der Waals surface area contributed by atoms with E-state index in [-0.39, 0.29) is 24.9 Å². The number of morpholine rings is 1. The third kappa shape index (κ3) is 6.20. The van der Waals surface area contributed by atoms with Crippen molar-refractivity contribution >= 4 is 0 Å². The standard InChI is InChI=1S/C18H30N2O3/c1-14-11-20(12-15(2)23-14)13-17(22)10-19-18(8-9-21)16-6-4-3-5-7-16/h3-7,14-15,17-19,21-22H,8-13H2,1-2H3. The van der Waals surface area contributed by atoms with Crippen molar-refractivity contribution in [2.24, 2.45) is 0 Å². The zero-order valence-electron chi connectivity index (χ0n) is 14.2. The van der Waals surface area contributed by atoms with Crippen LogP contribution in [0.25, 0.3) is 0 Å². The first-order valence-electron chi connectivity index (χ1n) is 8.53. The van der Waals surface area contributed by atoms with E-state index in [4.69, 9.17) is 4.74 Å². The molecule has 0 aliphatic carbocycles. The van der Waals surface area contributed by atoms with Crippen molar-refractivity contribution < 1.29 is 14.9 Å². The van der Waals surface area contributed by atoms with Gasteiger partial charge in [0.25, 0.3) is 0 Å². The van der Waals surface area contributed by atoms with Crippen molar-refractivity contribution in [3.63, 3.8) is 0 Å². The Hall–Kier alpha value is -0.980. The van der Waals surface area contributed by atoms with E-state index in [1.807, 2.05) is 30.3 Å². The van der Waals surface area contributed by atoms with E-state index in [0.29, 0.717) is 19.5 Å². The fourth-order valence-corrected chi connectivity index (χ4v) is 3.28. The Morgan fingerprint density at radius 1 is 1.22 bits per heavy atom. The highest BCUT2D eigenvalue weighted by Gasteiger charge is 2.24. The maximum atomic E-state index is 10.3. The lowest BCUT2D eigenvalue weighted by Crippen LogP contribution is -2.49. The molecule has 1 saturated heterocycles. The third-order valence-corrected chi connectivity index (χ3v) is 4.18. The summed E-state index contributed by atoms with van der Waals surface area (Å²) in [7, 11) is 0. The average Bonchev–Trinajstić information content (AvgIpc) is 2.51. The summed E-state index contributed by atoms with van der Waals surface area (Å²) in [6.45, 7) is 7.15. The van der Waals surface area contributed by atoms with Gasteiger partial charge in [0, 0.05) is 38.8 Å². The molecule has 1 aliphatic heterocycles. The minimum Gasteiger partial charge on any atom is -0.396 e. The van der Waals surface area contributed by atoms with Crippen molar-refractivity contribution in [2.45, 2.75) is 44.6 Å². The van der Waals surface area contributed by atoms with Gasteiger partial charge < -0.3 is 20.3 Å². The van der Waals surface area contributed by atoms with E-state index in [0.717, 1.165) is 18.7 Å². The van der Waals surface area contributed by atoms with E-state index in [1.165, 1.54) is 0 Å². The van der Waals surface area contributed by atoms with Crippen LogP contribution in [0.4, 0.5) is 0 Å². The zero-order chi connectivity index (χ0) is 16.7. The molecule has 0 aromatic heterocycles. The van der Waals surface area contributed by atoms with Gasteiger partial charge in [0.2, 0.25) is 0 Å². The molecule has 2 rings (SSSR count). The zero-order valence-corrected chi connectivity index (χ0v) is 14.2. The molecule has 23 heavy (non-hydrogen) atoms. The Morgan fingerprint density at radius 3 is 2.48 bits per heavy atom. The first-order valence-corrected chi connectivity index (χ1v) is 8.53. The van der Waals surface area contributed by atoms with Crippen LogP contribution in [0.3, 0.4) is 0 Å². The van der Waals surface area contributed by atoms with Crippen LogP contribution in [0.1, 0.15) is 31.9 Å². The minimum atomic E-state index is -0.433. The summed E-state index contributed by atoms with van der Waals surface area (Å²) in [5.74, 6) is 0. The van der Waals surface area contributed by atoms with Gasteiger partial charge in [0.05, 0.1) is 18.3 Å². The lowest BCUT2D eigenvalue weighted by atomic mass is 10.0. The van der Waals surface area contributed by atoms with Crippen molar-refractivity contribution in [1.82, 2.24) is 10.2 Å². The molecular formula is C18H30N2O3. The van der Waals surface area contributed by atoms with E-state index >= 15 is 0 Å². The van der Waals surface area contributed by atoms with E-state index in [2.05, 4.69) is 24.1 Å². The highest BCUT2D eigenvalue weighted by atomic mass is 16.5. The Balaban J connectivity index is 1.80. The molecule has 0 amide bonds. The molecule has 1 fully saturated rings. The molecule has 0 bridgehead atoms. The first kappa shape index (κ1) is 18.4. The van der Waals surface area contributed by atoms with Gasteiger partial charge in [-0.3, -0.25) is 4.90 Å². The van der Waals surface area contributed by atoms with Gasteiger partial charge in [0.15, 0.2) is 0 Å². The lowest BCUT2D eigenvalue weighted by Gasteiger charge is -2.36. The van der Waals surface area contributed by atoms with Gasteiger partial charge in [-0.15, -0.1) is 0 Å². The highest BCUT2D eigenvalue weighted by molar-refractivity contribution is 5.18. The SMILES string of the molecule is CC1CN(CC(O)CNC(CCO)c2ccccc2)CC(C)O1. The number of benzene rings is 1. The Labute approximate surface area is 139 Å². The maximum Gasteiger partial charge on any atom is 0.0791 e. The fourth-order valence-electron chi connectivity index (χ4n) is 3.28. The lowest BCUT2D eigenvalue weighted by molar-refractivity contribution is -0.0763. The molecule has 5 nitrogen and oxygen atoms in total. The van der Waals surface area contributed by atoms with E-state index in [9.17, 15) is 10.2 Å². The molecule has 3 N–H and O–H groups in total. The molecule has 1 aromatic carbocycles. The molecule has 0 spiro atoms. The molecule has 5 heteroatoms. The van der Waals surface area contributed by atoms with Crippen LogP contribution in [0.5, 0.6) is 0 Å². The van der Waals surface area contributed by atoms with Crippen LogP contribution >= 0.6 is 0 Å². The average molecular weight is 322 g/mol. The summed E-state index contributed by atoms with van der Waals surface area (Å²) in [6.07, 6.45) is 0.635. The fraction of sp³-hybridized carbons (Fsp3) is 0.667. The maximum absolute atomic E-state index is 10.3. The number of hydrogen-bond acceptors (Lipinski definition) is 5. The summed E-state index contributed by atoms with van der Waals surface area (Å²) >= 11 is 0. The van der Waals surface area contributed by atoms with Crippen LogP contribution in [-0.2, 0) is 4.74 Å². The number of nitrogens with zero attached hydrogens (tertiary/aromatic N) is 1.